The molecule has 0 aliphatic rings. The zero-order chi connectivity index (χ0) is 24.5. The molecule has 0 unspecified atom stereocenters. The van der Waals surface area contributed by atoms with Crippen LogP contribution in [0.15, 0.2) is 100 Å². The van der Waals surface area contributed by atoms with Crippen molar-refractivity contribution in [2.24, 2.45) is 12.0 Å². The number of rotatable bonds is 5. The standard InChI is InChI=1S/C26H21N5O3S/c1-18-24(25(32)30(28(18)2)21-13-7-4-8-14-21)29-23(19-10-9-15-22(16-19)31(33)34)17-35-26(29)27-20-11-5-3-6-12-20/h3-17H,1-2H3. The van der Waals surface area contributed by atoms with E-state index in [1.165, 1.54) is 23.5 Å². The summed E-state index contributed by atoms with van der Waals surface area (Å²) in [6.07, 6.45) is 0. The van der Waals surface area contributed by atoms with Crippen molar-refractivity contribution < 1.29 is 4.92 Å². The van der Waals surface area contributed by atoms with E-state index in [0.29, 0.717) is 21.7 Å². The van der Waals surface area contributed by atoms with Gasteiger partial charge in [0, 0.05) is 30.1 Å². The fourth-order valence-electron chi connectivity index (χ4n) is 4.01. The lowest BCUT2D eigenvalue weighted by atomic mass is 10.1. The summed E-state index contributed by atoms with van der Waals surface area (Å²) in [7, 11) is 1.83. The van der Waals surface area contributed by atoms with Crippen molar-refractivity contribution in [2.75, 3.05) is 0 Å². The first-order chi connectivity index (χ1) is 17.0. The van der Waals surface area contributed by atoms with Crippen molar-refractivity contribution in [3.05, 3.63) is 121 Å². The minimum atomic E-state index is -0.425. The lowest BCUT2D eigenvalue weighted by molar-refractivity contribution is -0.384. The molecule has 0 saturated heterocycles. The maximum atomic E-state index is 13.8. The van der Waals surface area contributed by atoms with Gasteiger partial charge in [0.15, 0.2) is 4.80 Å². The molecule has 0 saturated carbocycles. The van der Waals surface area contributed by atoms with Gasteiger partial charge in [0.05, 0.1) is 27.7 Å². The Morgan fingerprint density at radius 1 is 0.943 bits per heavy atom. The molecule has 2 heterocycles. The van der Waals surface area contributed by atoms with Gasteiger partial charge in [0.1, 0.15) is 5.69 Å². The molecule has 174 valence electrons. The summed E-state index contributed by atoms with van der Waals surface area (Å²) in [5.74, 6) is 0. The summed E-state index contributed by atoms with van der Waals surface area (Å²) >= 11 is 1.37. The monoisotopic (exact) mass is 483 g/mol. The number of nitro benzene ring substituents is 1. The molecule has 0 spiro atoms. The van der Waals surface area contributed by atoms with Crippen LogP contribution in [0.25, 0.3) is 22.6 Å². The predicted molar refractivity (Wildman–Crippen MR) is 137 cm³/mol. The van der Waals surface area contributed by atoms with Crippen molar-refractivity contribution in [2.45, 2.75) is 6.92 Å². The van der Waals surface area contributed by atoms with E-state index < -0.39 is 4.92 Å². The van der Waals surface area contributed by atoms with Gasteiger partial charge in [-0.2, -0.15) is 0 Å². The Morgan fingerprint density at radius 2 is 1.63 bits per heavy atom. The van der Waals surface area contributed by atoms with Gasteiger partial charge < -0.3 is 0 Å². The van der Waals surface area contributed by atoms with E-state index in [-0.39, 0.29) is 11.2 Å². The van der Waals surface area contributed by atoms with Crippen molar-refractivity contribution in [1.82, 2.24) is 13.9 Å². The molecule has 0 radical (unpaired) electrons. The van der Waals surface area contributed by atoms with Gasteiger partial charge in [-0.05, 0) is 31.2 Å². The van der Waals surface area contributed by atoms with Crippen LogP contribution in [0.5, 0.6) is 0 Å². The highest BCUT2D eigenvalue weighted by Gasteiger charge is 2.22. The van der Waals surface area contributed by atoms with Crippen LogP contribution in [-0.4, -0.2) is 18.9 Å². The smallest absolute Gasteiger partial charge is 0.283 e. The first kappa shape index (κ1) is 22.3. The number of hydrogen-bond donors (Lipinski definition) is 0. The van der Waals surface area contributed by atoms with Crippen LogP contribution >= 0.6 is 11.3 Å². The number of thiazole rings is 1. The summed E-state index contributed by atoms with van der Waals surface area (Å²) in [4.78, 5) is 30.2. The third kappa shape index (κ3) is 4.02. The number of para-hydroxylation sites is 2. The lowest BCUT2D eigenvalue weighted by Crippen LogP contribution is -2.24. The Bertz CT molecular complexity index is 1660. The second kappa shape index (κ2) is 9.03. The van der Waals surface area contributed by atoms with E-state index in [9.17, 15) is 14.9 Å². The van der Waals surface area contributed by atoms with Crippen LogP contribution in [-0.2, 0) is 7.05 Å². The van der Waals surface area contributed by atoms with Gasteiger partial charge >= 0.3 is 0 Å². The number of nitro groups is 1. The van der Waals surface area contributed by atoms with E-state index in [2.05, 4.69) is 0 Å². The Kier molecular flexibility index (Phi) is 5.76. The molecular formula is C26H21N5O3S. The molecule has 9 heteroatoms. The number of hydrogen-bond acceptors (Lipinski definition) is 5. The number of nitrogens with zero attached hydrogens (tertiary/aromatic N) is 5. The van der Waals surface area contributed by atoms with Gasteiger partial charge in [-0.15, -0.1) is 11.3 Å². The third-order valence-corrected chi connectivity index (χ3v) is 6.62. The van der Waals surface area contributed by atoms with Crippen LogP contribution in [0.3, 0.4) is 0 Å². The van der Waals surface area contributed by atoms with Crippen LogP contribution in [0.1, 0.15) is 5.69 Å². The zero-order valence-corrected chi connectivity index (χ0v) is 19.8. The Hall–Kier alpha value is -4.50. The fourth-order valence-corrected chi connectivity index (χ4v) is 4.92. The molecule has 5 aromatic rings. The summed E-state index contributed by atoms with van der Waals surface area (Å²) in [5, 5.41) is 13.3. The number of benzene rings is 3. The topological polar surface area (TPSA) is 87.4 Å². The van der Waals surface area contributed by atoms with Crippen LogP contribution in [0.2, 0.25) is 0 Å². The van der Waals surface area contributed by atoms with Crippen molar-refractivity contribution >= 4 is 22.7 Å². The maximum absolute atomic E-state index is 13.8. The molecule has 0 aliphatic heterocycles. The normalized spacial score (nSPS) is 11.7. The average molecular weight is 484 g/mol. The number of non-ortho nitro benzene ring substituents is 1. The number of aromatic nitrogens is 3. The van der Waals surface area contributed by atoms with Crippen molar-refractivity contribution in [3.8, 4) is 22.6 Å². The highest BCUT2D eigenvalue weighted by Crippen LogP contribution is 2.27. The molecule has 2 aromatic heterocycles. The summed E-state index contributed by atoms with van der Waals surface area (Å²) in [6, 6.07) is 25.3. The van der Waals surface area contributed by atoms with E-state index >= 15 is 0 Å². The Balaban J connectivity index is 1.83. The average Bonchev–Trinajstić information content (AvgIpc) is 3.37. The largest absolute Gasteiger partial charge is 0.296 e. The lowest BCUT2D eigenvalue weighted by Gasteiger charge is -2.08. The summed E-state index contributed by atoms with van der Waals surface area (Å²) in [5.41, 5.74) is 3.70. The van der Waals surface area contributed by atoms with Gasteiger partial charge in [0.2, 0.25) is 0 Å². The quantitative estimate of drug-likeness (QED) is 0.256. The van der Waals surface area contributed by atoms with Crippen molar-refractivity contribution in [3.63, 3.8) is 0 Å². The maximum Gasteiger partial charge on any atom is 0.296 e. The van der Waals surface area contributed by atoms with Gasteiger partial charge in [-0.1, -0.05) is 48.5 Å². The minimum Gasteiger partial charge on any atom is -0.283 e. The molecule has 5 rings (SSSR count). The van der Waals surface area contributed by atoms with E-state index in [1.54, 1.807) is 26.1 Å². The van der Waals surface area contributed by atoms with Crippen LogP contribution in [0, 0.1) is 17.0 Å². The molecule has 0 bridgehead atoms. The molecule has 8 nitrogen and oxygen atoms in total. The zero-order valence-electron chi connectivity index (χ0n) is 19.0. The summed E-state index contributed by atoms with van der Waals surface area (Å²) in [6.45, 7) is 1.88. The Labute approximate surface area is 204 Å². The first-order valence-corrected chi connectivity index (χ1v) is 11.7. The molecule has 0 N–H and O–H groups in total. The molecule has 0 amide bonds. The third-order valence-electron chi connectivity index (χ3n) is 5.79. The molecule has 35 heavy (non-hydrogen) atoms. The van der Waals surface area contributed by atoms with E-state index in [4.69, 9.17) is 4.99 Å². The molecule has 0 atom stereocenters. The highest BCUT2D eigenvalue weighted by atomic mass is 32.1. The molecule has 0 aliphatic carbocycles. The Morgan fingerprint density at radius 3 is 2.31 bits per heavy atom. The van der Waals surface area contributed by atoms with E-state index in [1.807, 2.05) is 80.0 Å². The van der Waals surface area contributed by atoms with Crippen LogP contribution in [0.4, 0.5) is 11.4 Å². The first-order valence-electron chi connectivity index (χ1n) is 10.9. The predicted octanol–water partition coefficient (Wildman–Crippen LogP) is 5.14. The van der Waals surface area contributed by atoms with Gasteiger partial charge in [-0.3, -0.25) is 24.2 Å². The van der Waals surface area contributed by atoms with E-state index in [0.717, 1.165) is 17.1 Å². The molecule has 0 fully saturated rings. The van der Waals surface area contributed by atoms with Gasteiger partial charge in [-0.25, -0.2) is 9.67 Å². The second-order valence-electron chi connectivity index (χ2n) is 7.90. The SMILES string of the molecule is Cc1c(-n2c(-c3cccc([N+](=O)[O-])c3)csc2=Nc2ccccc2)c(=O)n(-c2ccccc2)n1C. The van der Waals surface area contributed by atoms with Crippen LogP contribution < -0.4 is 10.4 Å². The van der Waals surface area contributed by atoms with Crippen molar-refractivity contribution in [1.29, 1.82) is 0 Å². The molecular weight excluding hydrogens is 462 g/mol. The van der Waals surface area contributed by atoms with Gasteiger partial charge in [0.25, 0.3) is 11.2 Å². The fraction of sp³-hybridized carbons (Fsp3) is 0.0769. The second-order valence-corrected chi connectivity index (χ2v) is 8.74. The summed E-state index contributed by atoms with van der Waals surface area (Å²) < 4.78 is 5.22. The minimum absolute atomic E-state index is 0.0201. The molecule has 3 aromatic carbocycles. The highest BCUT2D eigenvalue weighted by molar-refractivity contribution is 7.07.